The van der Waals surface area contributed by atoms with E-state index in [0.717, 1.165) is 31.7 Å². The molecule has 3 rings (SSSR count). The molecule has 1 heterocycles. The van der Waals surface area contributed by atoms with Gasteiger partial charge in [0.1, 0.15) is 5.75 Å². The molecule has 1 aliphatic heterocycles. The maximum atomic E-state index is 12.7. The molecule has 3 nitrogen and oxygen atoms in total. The van der Waals surface area contributed by atoms with Crippen LogP contribution in [0.3, 0.4) is 0 Å². The Morgan fingerprint density at radius 3 is 2.45 bits per heavy atom. The molecule has 122 valence electrons. The van der Waals surface area contributed by atoms with E-state index in [2.05, 4.69) is 10.2 Å². The fraction of sp³-hybridized carbons (Fsp3) is 0.647. The average molecular weight is 310 g/mol. The lowest BCUT2D eigenvalue weighted by Crippen LogP contribution is -2.46. The van der Waals surface area contributed by atoms with E-state index in [-0.39, 0.29) is 6.04 Å². The lowest BCUT2D eigenvalue weighted by Gasteiger charge is -2.39. The summed E-state index contributed by atoms with van der Waals surface area (Å²) < 4.78 is 30.3. The van der Waals surface area contributed by atoms with Crippen molar-refractivity contribution < 1.29 is 13.5 Å². The Kier molecular flexibility index (Phi) is 5.26. The smallest absolute Gasteiger partial charge is 0.387 e. The van der Waals surface area contributed by atoms with Crippen LogP contribution in [0.25, 0.3) is 0 Å². The van der Waals surface area contributed by atoms with Gasteiger partial charge in [-0.2, -0.15) is 8.78 Å². The van der Waals surface area contributed by atoms with E-state index < -0.39 is 6.61 Å². The molecular formula is C17H24F2N2O. The number of benzene rings is 1. The average Bonchev–Trinajstić information content (AvgIpc) is 3.04. The van der Waals surface area contributed by atoms with Crippen LogP contribution >= 0.6 is 0 Å². The predicted molar refractivity (Wildman–Crippen MR) is 82.2 cm³/mol. The van der Waals surface area contributed by atoms with Gasteiger partial charge < -0.3 is 10.1 Å². The van der Waals surface area contributed by atoms with Crippen LogP contribution in [0.4, 0.5) is 8.78 Å². The van der Waals surface area contributed by atoms with E-state index in [4.69, 9.17) is 4.74 Å². The minimum absolute atomic E-state index is 0.194. The van der Waals surface area contributed by atoms with Crippen LogP contribution in [-0.4, -0.2) is 37.7 Å². The molecule has 1 atom stereocenters. The molecule has 1 aromatic carbocycles. The quantitative estimate of drug-likeness (QED) is 0.902. The van der Waals surface area contributed by atoms with Gasteiger partial charge in [0, 0.05) is 37.8 Å². The SMILES string of the molecule is FC(F)Oc1ccccc1[C@@H](C1CCCC1)N1CCNCC1. The van der Waals surface area contributed by atoms with Crippen LogP contribution in [0.1, 0.15) is 37.3 Å². The third-order valence-corrected chi connectivity index (χ3v) is 4.85. The van der Waals surface area contributed by atoms with Crippen LogP contribution < -0.4 is 10.1 Å². The van der Waals surface area contributed by atoms with Crippen LogP contribution in [0.15, 0.2) is 24.3 Å². The normalized spacial score (nSPS) is 22.1. The first-order valence-electron chi connectivity index (χ1n) is 8.24. The van der Waals surface area contributed by atoms with E-state index in [1.54, 1.807) is 12.1 Å². The fourth-order valence-electron chi connectivity index (χ4n) is 3.91. The zero-order chi connectivity index (χ0) is 15.4. The number of halogens is 2. The summed E-state index contributed by atoms with van der Waals surface area (Å²) in [6.45, 7) is 1.07. The third kappa shape index (κ3) is 3.58. The molecule has 1 saturated carbocycles. The molecule has 0 aromatic heterocycles. The van der Waals surface area contributed by atoms with Crippen molar-refractivity contribution in [2.75, 3.05) is 26.2 Å². The van der Waals surface area contributed by atoms with Crippen LogP contribution in [-0.2, 0) is 0 Å². The number of rotatable bonds is 5. The second kappa shape index (κ2) is 7.38. The Bertz CT molecular complexity index is 471. The lowest BCUT2D eigenvalue weighted by molar-refractivity contribution is -0.0516. The molecule has 0 amide bonds. The number of hydrogen-bond acceptors (Lipinski definition) is 3. The van der Waals surface area contributed by atoms with Crippen molar-refractivity contribution in [3.05, 3.63) is 29.8 Å². The largest absolute Gasteiger partial charge is 0.434 e. The first kappa shape index (κ1) is 15.7. The molecule has 0 spiro atoms. The van der Waals surface area contributed by atoms with E-state index >= 15 is 0 Å². The summed E-state index contributed by atoms with van der Waals surface area (Å²) in [4.78, 5) is 2.44. The molecule has 5 heteroatoms. The minimum Gasteiger partial charge on any atom is -0.434 e. The van der Waals surface area contributed by atoms with Gasteiger partial charge in [-0.15, -0.1) is 0 Å². The van der Waals surface area contributed by atoms with Crippen molar-refractivity contribution >= 4 is 0 Å². The van der Waals surface area contributed by atoms with Gasteiger partial charge in [-0.3, -0.25) is 4.90 Å². The summed E-state index contributed by atoms with van der Waals surface area (Å²) in [6.07, 6.45) is 4.84. The van der Waals surface area contributed by atoms with Gasteiger partial charge in [0.25, 0.3) is 0 Å². The van der Waals surface area contributed by atoms with Crippen LogP contribution in [0.5, 0.6) is 5.75 Å². The van der Waals surface area contributed by atoms with Gasteiger partial charge in [-0.25, -0.2) is 0 Å². The van der Waals surface area contributed by atoms with E-state index in [0.29, 0.717) is 11.7 Å². The van der Waals surface area contributed by atoms with Crippen LogP contribution in [0, 0.1) is 5.92 Å². The Hall–Kier alpha value is -1.20. The summed E-state index contributed by atoms with van der Waals surface area (Å²) in [5, 5.41) is 3.37. The summed E-state index contributed by atoms with van der Waals surface area (Å²) in [7, 11) is 0. The highest BCUT2D eigenvalue weighted by Crippen LogP contribution is 2.42. The number of ether oxygens (including phenoxy) is 1. The second-order valence-corrected chi connectivity index (χ2v) is 6.19. The van der Waals surface area contributed by atoms with Crippen molar-refractivity contribution in [2.24, 2.45) is 5.92 Å². The van der Waals surface area contributed by atoms with Crippen molar-refractivity contribution in [2.45, 2.75) is 38.3 Å². The van der Waals surface area contributed by atoms with E-state index in [1.165, 1.54) is 25.7 Å². The van der Waals surface area contributed by atoms with Gasteiger partial charge in [0.05, 0.1) is 0 Å². The number of hydrogen-bond donors (Lipinski definition) is 1. The molecule has 1 saturated heterocycles. The van der Waals surface area contributed by atoms with Crippen molar-refractivity contribution in [3.8, 4) is 5.75 Å². The summed E-state index contributed by atoms with van der Waals surface area (Å²) in [6, 6.07) is 7.52. The lowest BCUT2D eigenvalue weighted by atomic mass is 9.89. The van der Waals surface area contributed by atoms with Crippen molar-refractivity contribution in [1.29, 1.82) is 0 Å². The second-order valence-electron chi connectivity index (χ2n) is 6.19. The minimum atomic E-state index is -2.77. The highest BCUT2D eigenvalue weighted by atomic mass is 19.3. The highest BCUT2D eigenvalue weighted by Gasteiger charge is 2.33. The molecular weight excluding hydrogens is 286 g/mol. The molecule has 2 aliphatic rings. The third-order valence-electron chi connectivity index (χ3n) is 4.85. The monoisotopic (exact) mass is 310 g/mol. The summed E-state index contributed by atoms with van der Waals surface area (Å²) >= 11 is 0. The molecule has 0 unspecified atom stereocenters. The predicted octanol–water partition coefficient (Wildman–Crippen LogP) is 3.42. The number of nitrogens with zero attached hydrogens (tertiary/aromatic N) is 1. The number of alkyl halides is 2. The molecule has 1 aromatic rings. The van der Waals surface area contributed by atoms with Crippen molar-refractivity contribution in [3.63, 3.8) is 0 Å². The van der Waals surface area contributed by atoms with E-state index in [9.17, 15) is 8.78 Å². The van der Waals surface area contributed by atoms with Gasteiger partial charge in [-0.05, 0) is 24.8 Å². The Morgan fingerprint density at radius 1 is 1.09 bits per heavy atom. The zero-order valence-electron chi connectivity index (χ0n) is 12.8. The topological polar surface area (TPSA) is 24.5 Å². The number of piperazine rings is 1. The van der Waals surface area contributed by atoms with Gasteiger partial charge in [0.2, 0.25) is 0 Å². The Balaban J connectivity index is 1.90. The molecule has 22 heavy (non-hydrogen) atoms. The summed E-state index contributed by atoms with van der Waals surface area (Å²) in [5.74, 6) is 0.883. The standard InChI is InChI=1S/C17H24F2N2O/c18-17(19)22-15-8-4-3-7-14(15)16(13-5-1-2-6-13)21-11-9-20-10-12-21/h3-4,7-8,13,16-17,20H,1-2,5-6,9-12H2/t16-/m1/s1. The summed E-state index contributed by atoms with van der Waals surface area (Å²) in [5.41, 5.74) is 0.927. The number of nitrogens with one attached hydrogen (secondary N) is 1. The Morgan fingerprint density at radius 2 is 1.77 bits per heavy atom. The highest BCUT2D eigenvalue weighted by molar-refractivity contribution is 5.36. The molecule has 2 fully saturated rings. The first-order valence-corrected chi connectivity index (χ1v) is 8.24. The fourth-order valence-corrected chi connectivity index (χ4v) is 3.91. The molecule has 0 radical (unpaired) electrons. The molecule has 1 N–H and O–H groups in total. The van der Waals surface area contributed by atoms with Gasteiger partial charge in [0.15, 0.2) is 0 Å². The maximum absolute atomic E-state index is 12.7. The molecule has 1 aliphatic carbocycles. The first-order chi connectivity index (χ1) is 10.8. The zero-order valence-corrected chi connectivity index (χ0v) is 12.8. The number of para-hydroxylation sites is 1. The van der Waals surface area contributed by atoms with Crippen molar-refractivity contribution in [1.82, 2.24) is 10.2 Å². The van der Waals surface area contributed by atoms with Gasteiger partial charge >= 0.3 is 6.61 Å². The maximum Gasteiger partial charge on any atom is 0.387 e. The van der Waals surface area contributed by atoms with Crippen LogP contribution in [0.2, 0.25) is 0 Å². The van der Waals surface area contributed by atoms with Gasteiger partial charge in [-0.1, -0.05) is 31.0 Å². The Labute approximate surface area is 130 Å². The molecule has 0 bridgehead atoms. The van der Waals surface area contributed by atoms with E-state index in [1.807, 2.05) is 12.1 Å².